The van der Waals surface area contributed by atoms with Gasteiger partial charge in [-0.2, -0.15) is 0 Å². The number of rotatable bonds is 2. The third-order valence-electron chi connectivity index (χ3n) is 3.51. The topological polar surface area (TPSA) is 37.3 Å². The molecule has 0 unspecified atom stereocenters. The van der Waals surface area contributed by atoms with Crippen molar-refractivity contribution in [2.75, 3.05) is 0 Å². The lowest BCUT2D eigenvalue weighted by Crippen LogP contribution is -1.95. The van der Waals surface area contributed by atoms with Gasteiger partial charge in [-0.15, -0.1) is 0 Å². The highest BCUT2D eigenvalue weighted by Crippen LogP contribution is 2.29. The van der Waals surface area contributed by atoms with Crippen molar-refractivity contribution in [3.05, 3.63) is 65.7 Å². The van der Waals surface area contributed by atoms with Crippen molar-refractivity contribution in [2.24, 2.45) is 0 Å². The minimum absolute atomic E-state index is 0.338. The minimum atomic E-state index is -0.887. The Kier molecular flexibility index (Phi) is 2.99. The zero-order chi connectivity index (χ0) is 14.1. The lowest BCUT2D eigenvalue weighted by molar-refractivity contribution is -0.132. The van der Waals surface area contributed by atoms with Crippen molar-refractivity contribution in [2.45, 2.75) is 6.92 Å². The Morgan fingerprint density at radius 2 is 1.55 bits per heavy atom. The molecule has 0 spiro atoms. The Hall–Kier alpha value is -2.61. The van der Waals surface area contributed by atoms with Crippen LogP contribution in [0.3, 0.4) is 0 Å². The molecule has 0 aromatic heterocycles. The Labute approximate surface area is 117 Å². The van der Waals surface area contributed by atoms with Gasteiger partial charge in [0.05, 0.1) is 0 Å². The van der Waals surface area contributed by atoms with Gasteiger partial charge < -0.3 is 5.11 Å². The summed E-state index contributed by atoms with van der Waals surface area (Å²) in [6.07, 6.45) is 1.73. The molecule has 0 aliphatic heterocycles. The van der Waals surface area contributed by atoms with Crippen LogP contribution in [0.2, 0.25) is 0 Å². The van der Waals surface area contributed by atoms with Crippen molar-refractivity contribution in [3.63, 3.8) is 0 Å². The van der Waals surface area contributed by atoms with E-state index in [2.05, 4.69) is 18.2 Å². The molecule has 0 bridgehead atoms. The average molecular weight is 262 g/mol. The molecule has 0 atom stereocenters. The fraction of sp³-hybridized carbons (Fsp3) is 0.0556. The molecule has 0 aliphatic rings. The molecule has 0 saturated heterocycles. The van der Waals surface area contributed by atoms with Crippen molar-refractivity contribution in [1.82, 2.24) is 0 Å². The van der Waals surface area contributed by atoms with Crippen LogP contribution >= 0.6 is 0 Å². The highest BCUT2D eigenvalue weighted by molar-refractivity contribution is 6.11. The summed E-state index contributed by atoms with van der Waals surface area (Å²) in [7, 11) is 0. The summed E-state index contributed by atoms with van der Waals surface area (Å²) in [6.45, 7) is 1.62. The fourth-order valence-electron chi connectivity index (χ4n) is 2.50. The van der Waals surface area contributed by atoms with Gasteiger partial charge in [0.25, 0.3) is 0 Å². The van der Waals surface area contributed by atoms with Crippen molar-refractivity contribution in [3.8, 4) is 0 Å². The molecule has 20 heavy (non-hydrogen) atoms. The van der Waals surface area contributed by atoms with Crippen LogP contribution in [-0.2, 0) is 4.79 Å². The predicted molar refractivity (Wildman–Crippen MR) is 82.7 cm³/mol. The van der Waals surface area contributed by atoms with E-state index >= 15 is 0 Å². The molecule has 3 aromatic rings. The van der Waals surface area contributed by atoms with Gasteiger partial charge in [0.15, 0.2) is 0 Å². The molecule has 0 heterocycles. The number of aliphatic carboxylic acids is 1. The van der Waals surface area contributed by atoms with Gasteiger partial charge in [-0.05, 0) is 46.2 Å². The molecular formula is C18H14O2. The van der Waals surface area contributed by atoms with Crippen LogP contribution < -0.4 is 0 Å². The highest BCUT2D eigenvalue weighted by atomic mass is 16.4. The number of carbonyl (C=O) groups is 1. The first kappa shape index (κ1) is 12.4. The van der Waals surface area contributed by atoms with Gasteiger partial charge in [-0.3, -0.25) is 0 Å². The van der Waals surface area contributed by atoms with E-state index in [-0.39, 0.29) is 0 Å². The maximum absolute atomic E-state index is 11.0. The molecule has 3 aromatic carbocycles. The zero-order valence-corrected chi connectivity index (χ0v) is 11.1. The van der Waals surface area contributed by atoms with E-state index in [1.807, 2.05) is 36.4 Å². The zero-order valence-electron chi connectivity index (χ0n) is 11.1. The predicted octanol–water partition coefficient (Wildman–Crippen LogP) is 4.48. The van der Waals surface area contributed by atoms with Crippen molar-refractivity contribution in [1.29, 1.82) is 0 Å². The van der Waals surface area contributed by atoms with Crippen LogP contribution in [-0.4, -0.2) is 11.1 Å². The molecule has 3 rings (SSSR count). The Morgan fingerprint density at radius 3 is 2.25 bits per heavy atom. The molecule has 98 valence electrons. The van der Waals surface area contributed by atoms with E-state index in [0.29, 0.717) is 5.57 Å². The van der Waals surface area contributed by atoms with Crippen LogP contribution in [0.1, 0.15) is 12.5 Å². The normalized spacial score (nSPS) is 11.9. The van der Waals surface area contributed by atoms with Gasteiger partial charge in [0, 0.05) is 5.57 Å². The van der Waals surface area contributed by atoms with Gasteiger partial charge in [-0.25, -0.2) is 4.79 Å². The van der Waals surface area contributed by atoms with E-state index in [1.165, 1.54) is 5.39 Å². The number of carboxylic acid groups (broad SMARTS) is 1. The number of hydrogen-bond donors (Lipinski definition) is 1. The second-order valence-electron chi connectivity index (χ2n) is 4.87. The lowest BCUT2D eigenvalue weighted by atomic mass is 9.96. The van der Waals surface area contributed by atoms with E-state index in [1.54, 1.807) is 13.0 Å². The van der Waals surface area contributed by atoms with E-state index in [4.69, 9.17) is 5.11 Å². The fourth-order valence-corrected chi connectivity index (χ4v) is 2.50. The number of benzene rings is 3. The van der Waals surface area contributed by atoms with Crippen LogP contribution in [0, 0.1) is 0 Å². The second kappa shape index (κ2) is 4.82. The van der Waals surface area contributed by atoms with Gasteiger partial charge in [0.1, 0.15) is 0 Å². The van der Waals surface area contributed by atoms with Crippen molar-refractivity contribution >= 4 is 33.6 Å². The van der Waals surface area contributed by atoms with Gasteiger partial charge in [0.2, 0.25) is 0 Å². The summed E-state index contributed by atoms with van der Waals surface area (Å²) in [6, 6.07) is 18.3. The molecule has 2 nitrogen and oxygen atoms in total. The molecule has 0 fully saturated rings. The number of fused-ring (bicyclic) bond motifs is 3. The summed E-state index contributed by atoms with van der Waals surface area (Å²) in [5, 5.41) is 13.6. The van der Waals surface area contributed by atoms with Gasteiger partial charge >= 0.3 is 5.97 Å². The first-order valence-corrected chi connectivity index (χ1v) is 6.49. The molecule has 1 N–H and O–H groups in total. The van der Waals surface area contributed by atoms with E-state index in [0.717, 1.165) is 21.7 Å². The first-order chi connectivity index (χ1) is 9.66. The third-order valence-corrected chi connectivity index (χ3v) is 3.51. The first-order valence-electron chi connectivity index (χ1n) is 6.49. The summed E-state index contributed by atoms with van der Waals surface area (Å²) < 4.78 is 0. The number of carboxylic acids is 1. The van der Waals surface area contributed by atoms with E-state index in [9.17, 15) is 4.79 Å². The minimum Gasteiger partial charge on any atom is -0.478 e. The van der Waals surface area contributed by atoms with Crippen LogP contribution in [0.15, 0.2) is 60.2 Å². The third kappa shape index (κ3) is 2.05. The molecule has 0 saturated carbocycles. The Morgan fingerprint density at radius 1 is 0.950 bits per heavy atom. The van der Waals surface area contributed by atoms with Crippen LogP contribution in [0.25, 0.3) is 27.6 Å². The highest BCUT2D eigenvalue weighted by Gasteiger charge is 2.06. The van der Waals surface area contributed by atoms with Crippen molar-refractivity contribution < 1.29 is 9.90 Å². The molecular weight excluding hydrogens is 248 g/mol. The Bertz CT molecular complexity index is 844. The SMILES string of the molecule is C/C(=C\c1cc2ccccc2c2ccccc12)C(=O)O. The molecule has 0 radical (unpaired) electrons. The largest absolute Gasteiger partial charge is 0.478 e. The molecule has 2 heteroatoms. The smallest absolute Gasteiger partial charge is 0.331 e. The maximum atomic E-state index is 11.0. The van der Waals surface area contributed by atoms with Crippen LogP contribution in [0.5, 0.6) is 0 Å². The second-order valence-corrected chi connectivity index (χ2v) is 4.87. The standard InChI is InChI=1S/C18H14O2/c1-12(18(19)20)10-14-11-13-6-2-3-7-15(13)17-9-5-4-8-16(14)17/h2-11H,1H3,(H,19,20)/b12-10+. The summed E-state index contributed by atoms with van der Waals surface area (Å²) in [5.41, 5.74) is 1.28. The monoisotopic (exact) mass is 262 g/mol. The quantitative estimate of drug-likeness (QED) is 0.546. The molecule has 0 amide bonds. The van der Waals surface area contributed by atoms with E-state index < -0.39 is 5.97 Å². The summed E-state index contributed by atoms with van der Waals surface area (Å²) >= 11 is 0. The maximum Gasteiger partial charge on any atom is 0.331 e. The van der Waals surface area contributed by atoms with Crippen LogP contribution in [0.4, 0.5) is 0 Å². The lowest BCUT2D eigenvalue weighted by Gasteiger charge is -2.08. The summed E-state index contributed by atoms with van der Waals surface area (Å²) in [5.74, 6) is -0.887. The number of hydrogen-bond acceptors (Lipinski definition) is 1. The molecule has 0 aliphatic carbocycles. The summed E-state index contributed by atoms with van der Waals surface area (Å²) in [4.78, 5) is 11.0. The average Bonchev–Trinajstić information content (AvgIpc) is 2.47. The Balaban J connectivity index is 2.41. The van der Waals surface area contributed by atoms with Gasteiger partial charge in [-0.1, -0.05) is 48.5 Å².